The molecule has 0 saturated carbocycles. The summed E-state index contributed by atoms with van der Waals surface area (Å²) in [5, 5.41) is 2.65. The number of hydrogen-bond acceptors (Lipinski definition) is 3. The fourth-order valence-electron chi connectivity index (χ4n) is 2.37. The Hall–Kier alpha value is -2.04. The second kappa shape index (κ2) is 6.41. The quantitative estimate of drug-likeness (QED) is 0.919. The number of nitrogens with zero attached hydrogens (tertiary/aromatic N) is 1. The van der Waals surface area contributed by atoms with Crippen molar-refractivity contribution in [2.75, 3.05) is 23.9 Å². The van der Waals surface area contributed by atoms with Crippen molar-refractivity contribution in [3.63, 3.8) is 0 Å². The van der Waals surface area contributed by atoms with Crippen LogP contribution in [-0.4, -0.2) is 25.7 Å². The van der Waals surface area contributed by atoms with Gasteiger partial charge in [0.25, 0.3) is 0 Å². The van der Waals surface area contributed by atoms with Gasteiger partial charge in [-0.3, -0.25) is 10.1 Å². The zero-order valence-corrected chi connectivity index (χ0v) is 11.9. The van der Waals surface area contributed by atoms with Gasteiger partial charge in [0, 0.05) is 24.3 Å². The summed E-state index contributed by atoms with van der Waals surface area (Å²) in [7, 11) is 1.33. The van der Waals surface area contributed by atoms with Gasteiger partial charge in [-0.1, -0.05) is 13.3 Å². The number of carbonyl (C=O) groups excluding carboxylic acids is 2. The number of amides is 2. The van der Waals surface area contributed by atoms with Crippen molar-refractivity contribution in [1.82, 2.24) is 0 Å². The molecule has 1 aromatic carbocycles. The first kappa shape index (κ1) is 14.4. The fraction of sp³-hybridized carbons (Fsp3) is 0.467. The molecule has 1 heterocycles. The number of methoxy groups -OCH3 is 1. The molecule has 5 heteroatoms. The maximum absolute atomic E-state index is 12.0. The van der Waals surface area contributed by atoms with Gasteiger partial charge < -0.3 is 9.64 Å². The summed E-state index contributed by atoms with van der Waals surface area (Å²) in [5.41, 5.74) is 2.75. The van der Waals surface area contributed by atoms with Crippen LogP contribution in [0.3, 0.4) is 0 Å². The van der Waals surface area contributed by atoms with Gasteiger partial charge in [0.2, 0.25) is 5.91 Å². The van der Waals surface area contributed by atoms with E-state index in [-0.39, 0.29) is 5.91 Å². The number of nitrogens with one attached hydrogen (secondary N) is 1. The molecule has 1 N–H and O–H groups in total. The Labute approximate surface area is 118 Å². The zero-order valence-electron chi connectivity index (χ0n) is 11.9. The smallest absolute Gasteiger partial charge is 0.411 e. The highest BCUT2D eigenvalue weighted by molar-refractivity contribution is 5.97. The van der Waals surface area contributed by atoms with Gasteiger partial charge in [0.05, 0.1) is 7.11 Å². The molecule has 0 saturated heterocycles. The second-order valence-corrected chi connectivity index (χ2v) is 4.86. The van der Waals surface area contributed by atoms with Crippen molar-refractivity contribution in [3.8, 4) is 0 Å². The van der Waals surface area contributed by atoms with Gasteiger partial charge in [0.1, 0.15) is 0 Å². The molecule has 0 atom stereocenters. The van der Waals surface area contributed by atoms with Gasteiger partial charge in [0.15, 0.2) is 0 Å². The molecule has 108 valence electrons. The van der Waals surface area contributed by atoms with E-state index in [1.54, 1.807) is 6.07 Å². The second-order valence-electron chi connectivity index (χ2n) is 4.86. The van der Waals surface area contributed by atoms with Gasteiger partial charge >= 0.3 is 6.09 Å². The van der Waals surface area contributed by atoms with Crippen LogP contribution in [0.1, 0.15) is 31.7 Å². The van der Waals surface area contributed by atoms with Crippen LogP contribution >= 0.6 is 0 Å². The summed E-state index contributed by atoms with van der Waals surface area (Å²) < 4.78 is 4.57. The van der Waals surface area contributed by atoms with Gasteiger partial charge in [-0.05, 0) is 36.6 Å². The van der Waals surface area contributed by atoms with Crippen molar-refractivity contribution >= 4 is 23.4 Å². The summed E-state index contributed by atoms with van der Waals surface area (Å²) in [4.78, 5) is 25.1. The average molecular weight is 276 g/mol. The van der Waals surface area contributed by atoms with Crippen molar-refractivity contribution in [2.24, 2.45) is 0 Å². The third-order valence-corrected chi connectivity index (χ3v) is 3.45. The Morgan fingerprint density at radius 2 is 2.20 bits per heavy atom. The molecule has 0 aliphatic carbocycles. The maximum Gasteiger partial charge on any atom is 0.411 e. The first-order valence-corrected chi connectivity index (χ1v) is 6.94. The van der Waals surface area contributed by atoms with E-state index in [1.807, 2.05) is 17.0 Å². The summed E-state index contributed by atoms with van der Waals surface area (Å²) in [6.45, 7) is 2.87. The highest BCUT2D eigenvalue weighted by Crippen LogP contribution is 2.30. The van der Waals surface area contributed by atoms with Crippen LogP contribution in [0.5, 0.6) is 0 Å². The van der Waals surface area contributed by atoms with Gasteiger partial charge in [-0.25, -0.2) is 4.79 Å². The Morgan fingerprint density at radius 1 is 1.40 bits per heavy atom. The monoisotopic (exact) mass is 276 g/mol. The normalized spacial score (nSPS) is 13.9. The molecule has 0 radical (unpaired) electrons. The van der Waals surface area contributed by atoms with Gasteiger partial charge in [-0.15, -0.1) is 0 Å². The van der Waals surface area contributed by atoms with Crippen molar-refractivity contribution < 1.29 is 14.3 Å². The molecule has 0 spiro atoms. The minimum atomic E-state index is -0.486. The standard InChI is InChI=1S/C15H20N2O3/c1-3-4-9-17-13-7-6-12(16-15(19)20-2)10-11(13)5-8-14(17)18/h6-7,10H,3-5,8-9H2,1-2H3,(H,16,19). The van der Waals surface area contributed by atoms with Crippen LogP contribution < -0.4 is 10.2 Å². The highest BCUT2D eigenvalue weighted by Gasteiger charge is 2.23. The van der Waals surface area contributed by atoms with Gasteiger partial charge in [-0.2, -0.15) is 0 Å². The molecule has 1 aromatic rings. The lowest BCUT2D eigenvalue weighted by Gasteiger charge is -2.29. The molecular formula is C15H20N2O3. The topological polar surface area (TPSA) is 58.6 Å². The number of carbonyl (C=O) groups is 2. The summed E-state index contributed by atoms with van der Waals surface area (Å²) in [5.74, 6) is 0.180. The van der Waals surface area contributed by atoms with E-state index in [9.17, 15) is 9.59 Å². The number of hydrogen-bond donors (Lipinski definition) is 1. The molecule has 1 aliphatic heterocycles. The summed E-state index contributed by atoms with van der Waals surface area (Å²) in [6, 6.07) is 5.61. The minimum Gasteiger partial charge on any atom is -0.453 e. The molecule has 2 rings (SSSR count). The van der Waals surface area contributed by atoms with E-state index in [2.05, 4.69) is 17.0 Å². The van der Waals surface area contributed by atoms with Crippen LogP contribution in [0.25, 0.3) is 0 Å². The van der Waals surface area contributed by atoms with E-state index in [1.165, 1.54) is 7.11 Å². The number of fused-ring (bicyclic) bond motifs is 1. The zero-order chi connectivity index (χ0) is 14.5. The minimum absolute atomic E-state index is 0.180. The van der Waals surface area contributed by atoms with E-state index >= 15 is 0 Å². The predicted octanol–water partition coefficient (Wildman–Crippen LogP) is 2.94. The number of unbranched alkanes of at least 4 members (excludes halogenated alkanes) is 1. The lowest BCUT2D eigenvalue weighted by atomic mass is 10.00. The molecule has 0 aromatic heterocycles. The summed E-state index contributed by atoms with van der Waals surface area (Å²) in [6.07, 6.45) is 2.81. The lowest BCUT2D eigenvalue weighted by Crippen LogP contribution is -2.35. The Bertz CT molecular complexity index is 514. The summed E-state index contributed by atoms with van der Waals surface area (Å²) >= 11 is 0. The fourth-order valence-corrected chi connectivity index (χ4v) is 2.37. The van der Waals surface area contributed by atoms with Crippen LogP contribution in [0.4, 0.5) is 16.2 Å². The largest absolute Gasteiger partial charge is 0.453 e. The van der Waals surface area contributed by atoms with Crippen LogP contribution in [0.15, 0.2) is 18.2 Å². The molecule has 2 amide bonds. The maximum atomic E-state index is 12.0. The van der Waals surface area contributed by atoms with Crippen LogP contribution in [0, 0.1) is 0 Å². The van der Waals surface area contributed by atoms with Crippen molar-refractivity contribution in [2.45, 2.75) is 32.6 Å². The highest BCUT2D eigenvalue weighted by atomic mass is 16.5. The van der Waals surface area contributed by atoms with Crippen LogP contribution in [-0.2, 0) is 16.0 Å². The lowest BCUT2D eigenvalue weighted by molar-refractivity contribution is -0.118. The number of anilines is 2. The third kappa shape index (κ3) is 3.10. The van der Waals surface area contributed by atoms with Crippen molar-refractivity contribution in [3.05, 3.63) is 23.8 Å². The van der Waals surface area contributed by atoms with E-state index in [0.717, 1.165) is 30.6 Å². The van der Waals surface area contributed by atoms with Crippen LogP contribution in [0.2, 0.25) is 0 Å². The Balaban J connectivity index is 2.21. The SMILES string of the molecule is CCCCN1C(=O)CCc2cc(NC(=O)OC)ccc21. The Kier molecular flexibility index (Phi) is 4.61. The number of aryl methyl sites for hydroxylation is 1. The first-order chi connectivity index (χ1) is 9.65. The average Bonchev–Trinajstić information content (AvgIpc) is 2.46. The van der Waals surface area contributed by atoms with E-state index in [4.69, 9.17) is 0 Å². The molecule has 5 nitrogen and oxygen atoms in total. The Morgan fingerprint density at radius 3 is 2.90 bits per heavy atom. The molecule has 0 unspecified atom stereocenters. The molecule has 0 fully saturated rings. The molecule has 1 aliphatic rings. The number of benzene rings is 1. The third-order valence-electron chi connectivity index (χ3n) is 3.45. The number of ether oxygens (including phenoxy) is 1. The molecular weight excluding hydrogens is 256 g/mol. The van der Waals surface area contributed by atoms with E-state index in [0.29, 0.717) is 18.5 Å². The molecule has 20 heavy (non-hydrogen) atoms. The number of rotatable bonds is 4. The predicted molar refractivity (Wildman–Crippen MR) is 78.1 cm³/mol. The molecule has 0 bridgehead atoms. The first-order valence-electron chi connectivity index (χ1n) is 6.94. The van der Waals surface area contributed by atoms with E-state index < -0.39 is 6.09 Å². The van der Waals surface area contributed by atoms with Crippen molar-refractivity contribution in [1.29, 1.82) is 0 Å².